The molecule has 0 aliphatic rings. The molecule has 21 heavy (non-hydrogen) atoms. The third-order valence-electron chi connectivity index (χ3n) is 3.11. The van der Waals surface area contributed by atoms with Gasteiger partial charge in [0.25, 0.3) is 0 Å². The molecule has 0 bridgehead atoms. The molecule has 0 saturated carbocycles. The van der Waals surface area contributed by atoms with Crippen LogP contribution in [0.25, 0.3) is 11.0 Å². The van der Waals surface area contributed by atoms with Gasteiger partial charge in [0.15, 0.2) is 0 Å². The zero-order chi connectivity index (χ0) is 14.8. The second kappa shape index (κ2) is 5.69. The molecule has 0 atom stereocenters. The number of carbonyl (C=O) groups excluding carboxylic acids is 1. The summed E-state index contributed by atoms with van der Waals surface area (Å²) in [5, 5.41) is 3.43. The van der Waals surface area contributed by atoms with Crippen LogP contribution in [-0.4, -0.2) is 5.91 Å². The second-order valence-corrected chi connectivity index (χ2v) is 5.46. The highest BCUT2D eigenvalue weighted by Crippen LogP contribution is 2.24. The Labute approximate surface area is 128 Å². The lowest BCUT2D eigenvalue weighted by molar-refractivity contribution is -0.115. The Bertz CT molecular complexity index is 813. The summed E-state index contributed by atoms with van der Waals surface area (Å²) in [6.45, 7) is 0. The largest absolute Gasteiger partial charge is 0.464 e. The van der Waals surface area contributed by atoms with Crippen molar-refractivity contribution in [2.45, 2.75) is 6.42 Å². The molecule has 5 heteroatoms. The summed E-state index contributed by atoms with van der Waals surface area (Å²) in [6.07, 6.45) is 1.61. The van der Waals surface area contributed by atoms with Crippen LogP contribution in [-0.2, 0) is 11.2 Å². The van der Waals surface area contributed by atoms with Crippen LogP contribution in [0.3, 0.4) is 0 Å². The fourth-order valence-corrected chi connectivity index (χ4v) is 2.50. The second-order valence-electron chi connectivity index (χ2n) is 4.61. The Morgan fingerprint density at radius 3 is 2.86 bits per heavy atom. The number of hydrogen-bond donors (Lipinski definition) is 1. The average molecular weight is 348 g/mol. The highest BCUT2D eigenvalue weighted by atomic mass is 79.9. The molecule has 0 saturated heterocycles. The lowest BCUT2D eigenvalue weighted by Crippen LogP contribution is -2.14. The smallest absolute Gasteiger partial charge is 0.228 e. The Balaban J connectivity index is 1.80. The summed E-state index contributed by atoms with van der Waals surface area (Å²) < 4.78 is 19.4. The summed E-state index contributed by atoms with van der Waals surface area (Å²) in [7, 11) is 0. The zero-order valence-corrected chi connectivity index (χ0v) is 12.5. The van der Waals surface area contributed by atoms with Crippen LogP contribution < -0.4 is 5.32 Å². The molecule has 0 aliphatic carbocycles. The summed E-state index contributed by atoms with van der Waals surface area (Å²) in [5.41, 5.74) is 1.93. The van der Waals surface area contributed by atoms with Crippen LogP contribution in [0, 0.1) is 5.82 Å². The van der Waals surface area contributed by atoms with Crippen molar-refractivity contribution in [1.29, 1.82) is 0 Å². The number of carbonyl (C=O) groups is 1. The van der Waals surface area contributed by atoms with E-state index in [2.05, 4.69) is 21.2 Å². The van der Waals surface area contributed by atoms with Gasteiger partial charge in [0.05, 0.1) is 18.4 Å². The lowest BCUT2D eigenvalue weighted by atomic mass is 10.1. The normalized spacial score (nSPS) is 10.8. The molecule has 3 nitrogen and oxygen atoms in total. The minimum absolute atomic E-state index is 0.123. The molecule has 1 N–H and O–H groups in total. The number of hydrogen-bond acceptors (Lipinski definition) is 2. The SMILES string of the molecule is O=C(Cc1coc2ccc(F)cc12)Nc1ccccc1Br. The van der Waals surface area contributed by atoms with E-state index in [1.165, 1.54) is 18.4 Å². The number of halogens is 2. The van der Waals surface area contributed by atoms with Crippen molar-refractivity contribution >= 4 is 38.5 Å². The molecule has 3 rings (SSSR count). The standard InChI is InChI=1S/C16H11BrFNO2/c17-13-3-1-2-4-14(13)19-16(20)7-10-9-21-15-6-5-11(18)8-12(10)15/h1-6,8-9H,7H2,(H,19,20). The topological polar surface area (TPSA) is 42.2 Å². The van der Waals surface area contributed by atoms with Crippen molar-refractivity contribution in [2.24, 2.45) is 0 Å². The van der Waals surface area contributed by atoms with Gasteiger partial charge in [-0.05, 0) is 46.3 Å². The van der Waals surface area contributed by atoms with E-state index in [0.29, 0.717) is 22.2 Å². The molecular formula is C16H11BrFNO2. The maximum Gasteiger partial charge on any atom is 0.228 e. The van der Waals surface area contributed by atoms with Gasteiger partial charge in [-0.2, -0.15) is 0 Å². The Kier molecular flexibility index (Phi) is 3.75. The fraction of sp³-hybridized carbons (Fsp3) is 0.0625. The number of rotatable bonds is 3. The van der Waals surface area contributed by atoms with Crippen molar-refractivity contribution in [1.82, 2.24) is 0 Å². The van der Waals surface area contributed by atoms with E-state index in [0.717, 1.165) is 4.47 Å². The van der Waals surface area contributed by atoms with E-state index in [4.69, 9.17) is 4.42 Å². The number of nitrogens with one attached hydrogen (secondary N) is 1. The molecule has 1 amide bonds. The van der Waals surface area contributed by atoms with Gasteiger partial charge >= 0.3 is 0 Å². The molecule has 106 valence electrons. The van der Waals surface area contributed by atoms with E-state index >= 15 is 0 Å². The predicted octanol–water partition coefficient (Wildman–Crippen LogP) is 4.52. The summed E-state index contributed by atoms with van der Waals surface area (Å²) in [6, 6.07) is 11.6. The van der Waals surface area contributed by atoms with E-state index < -0.39 is 0 Å². The third kappa shape index (κ3) is 2.97. The first-order valence-corrected chi connectivity index (χ1v) is 7.13. The van der Waals surface area contributed by atoms with E-state index in [1.807, 2.05) is 18.2 Å². The van der Waals surface area contributed by atoms with Crippen LogP contribution in [0.1, 0.15) is 5.56 Å². The molecule has 3 aromatic rings. The molecule has 0 radical (unpaired) electrons. The van der Waals surface area contributed by atoms with Crippen molar-refractivity contribution in [2.75, 3.05) is 5.32 Å². The van der Waals surface area contributed by atoms with Crippen molar-refractivity contribution in [3.8, 4) is 0 Å². The first kappa shape index (κ1) is 13.8. The molecule has 1 heterocycles. The number of anilines is 1. The Morgan fingerprint density at radius 1 is 1.24 bits per heavy atom. The Morgan fingerprint density at radius 2 is 2.05 bits per heavy atom. The molecule has 0 spiro atoms. The number of amides is 1. The number of benzene rings is 2. The maximum atomic E-state index is 13.3. The van der Waals surface area contributed by atoms with Crippen molar-refractivity contribution in [3.05, 3.63) is 64.6 Å². The van der Waals surface area contributed by atoms with Gasteiger partial charge in [-0.3, -0.25) is 4.79 Å². The van der Waals surface area contributed by atoms with Gasteiger partial charge in [0.2, 0.25) is 5.91 Å². The number of fused-ring (bicyclic) bond motifs is 1. The number of para-hydroxylation sites is 1. The molecular weight excluding hydrogens is 337 g/mol. The highest BCUT2D eigenvalue weighted by Gasteiger charge is 2.12. The van der Waals surface area contributed by atoms with E-state index in [1.54, 1.807) is 12.1 Å². The van der Waals surface area contributed by atoms with E-state index in [9.17, 15) is 9.18 Å². The van der Waals surface area contributed by atoms with Gasteiger partial charge in [-0.15, -0.1) is 0 Å². The summed E-state index contributed by atoms with van der Waals surface area (Å²) >= 11 is 3.37. The van der Waals surface area contributed by atoms with Crippen LogP contribution in [0.4, 0.5) is 10.1 Å². The molecule has 0 aliphatic heterocycles. The highest BCUT2D eigenvalue weighted by molar-refractivity contribution is 9.10. The minimum Gasteiger partial charge on any atom is -0.464 e. The molecule has 1 aromatic heterocycles. The molecule has 2 aromatic carbocycles. The van der Waals surface area contributed by atoms with E-state index in [-0.39, 0.29) is 18.1 Å². The van der Waals surface area contributed by atoms with Gasteiger partial charge in [-0.25, -0.2) is 4.39 Å². The quantitative estimate of drug-likeness (QED) is 0.756. The molecule has 0 unspecified atom stereocenters. The van der Waals surface area contributed by atoms with Crippen LogP contribution in [0.15, 0.2) is 57.6 Å². The van der Waals surface area contributed by atoms with Crippen LogP contribution in [0.5, 0.6) is 0 Å². The first-order chi connectivity index (χ1) is 10.1. The zero-order valence-electron chi connectivity index (χ0n) is 10.9. The van der Waals surface area contributed by atoms with Crippen LogP contribution >= 0.6 is 15.9 Å². The van der Waals surface area contributed by atoms with Gasteiger partial charge in [0, 0.05) is 15.4 Å². The average Bonchev–Trinajstić information content (AvgIpc) is 2.84. The monoisotopic (exact) mass is 347 g/mol. The summed E-state index contributed by atoms with van der Waals surface area (Å²) in [4.78, 5) is 12.1. The van der Waals surface area contributed by atoms with Crippen molar-refractivity contribution in [3.63, 3.8) is 0 Å². The summed E-state index contributed by atoms with van der Waals surface area (Å²) in [5.74, 6) is -0.537. The van der Waals surface area contributed by atoms with Gasteiger partial charge < -0.3 is 9.73 Å². The first-order valence-electron chi connectivity index (χ1n) is 6.33. The minimum atomic E-state index is -0.351. The van der Waals surface area contributed by atoms with Gasteiger partial charge in [0.1, 0.15) is 11.4 Å². The molecule has 0 fully saturated rings. The predicted molar refractivity (Wildman–Crippen MR) is 82.6 cm³/mol. The van der Waals surface area contributed by atoms with Crippen LogP contribution in [0.2, 0.25) is 0 Å². The maximum absolute atomic E-state index is 13.3. The van der Waals surface area contributed by atoms with Gasteiger partial charge in [-0.1, -0.05) is 12.1 Å². The number of furan rings is 1. The van der Waals surface area contributed by atoms with Crippen molar-refractivity contribution < 1.29 is 13.6 Å². The third-order valence-corrected chi connectivity index (χ3v) is 3.81. The fourth-order valence-electron chi connectivity index (χ4n) is 2.12. The lowest BCUT2D eigenvalue weighted by Gasteiger charge is -2.06. The Hall–Kier alpha value is -2.14.